The van der Waals surface area contributed by atoms with Gasteiger partial charge in [0.1, 0.15) is 0 Å². The summed E-state index contributed by atoms with van der Waals surface area (Å²) in [5, 5.41) is 21.8. The van der Waals surface area contributed by atoms with E-state index >= 15 is 0 Å². The number of halogens is 4. The first-order chi connectivity index (χ1) is 19.0. The third-order valence-electron chi connectivity index (χ3n) is 4.80. The molecule has 1 amide bonds. The molecule has 1 aromatic carbocycles. The SMILES string of the molecule is COc1ncc(C(=O)Nc2cncc(-c3nsc(Nc4ccc5[nH]ncc5c4Cl)n3)c2)cn1.O=C(O)C(F)(F)F. The fraction of sp³-hybridized carbons (Fsp3) is 0.0909. The van der Waals surface area contributed by atoms with Crippen molar-refractivity contribution in [2.75, 3.05) is 17.7 Å². The number of alkyl halides is 3. The molecule has 0 unspecified atom stereocenters. The van der Waals surface area contributed by atoms with Crippen LogP contribution in [0.15, 0.2) is 49.2 Å². The van der Waals surface area contributed by atoms with E-state index in [-0.39, 0.29) is 17.5 Å². The summed E-state index contributed by atoms with van der Waals surface area (Å²) in [6, 6.07) is 5.62. The van der Waals surface area contributed by atoms with Crippen molar-refractivity contribution >= 4 is 62.4 Å². The summed E-state index contributed by atoms with van der Waals surface area (Å²) in [5.41, 5.74) is 2.93. The molecular weight excluding hydrogens is 579 g/mol. The average Bonchev–Trinajstić information content (AvgIpc) is 3.61. The van der Waals surface area contributed by atoms with Gasteiger partial charge in [0.05, 0.1) is 47.0 Å². The highest BCUT2D eigenvalue weighted by Gasteiger charge is 2.38. The lowest BCUT2D eigenvalue weighted by atomic mass is 10.2. The molecule has 0 atom stereocenters. The van der Waals surface area contributed by atoms with E-state index in [1.807, 2.05) is 12.1 Å². The highest BCUT2D eigenvalue weighted by Crippen LogP contribution is 2.33. The molecule has 0 bridgehead atoms. The van der Waals surface area contributed by atoms with Gasteiger partial charge in [-0.2, -0.15) is 27.6 Å². The number of aromatic nitrogens is 7. The second-order valence-corrected chi connectivity index (χ2v) is 8.61. The van der Waals surface area contributed by atoms with Gasteiger partial charge < -0.3 is 20.5 Å². The van der Waals surface area contributed by atoms with Crippen molar-refractivity contribution in [3.63, 3.8) is 0 Å². The number of aromatic amines is 1. The third kappa shape index (κ3) is 6.75. The minimum absolute atomic E-state index is 0.181. The standard InChI is InChI=1S/C20H14ClN9O2S.C2HF3O2/c1-32-19-23-6-11(7-24-19)18(31)26-12-4-10(5-22-8-12)17-28-20(33-30-17)27-15-3-2-14-13(16(15)21)9-25-29-14;3-2(4,5)1(6)7/h2-9H,1H3,(H,25,29)(H,26,31)(H,27,28,30);(H,6,7). The van der Waals surface area contributed by atoms with Crippen LogP contribution in [0.5, 0.6) is 6.01 Å². The quantitative estimate of drug-likeness (QED) is 0.217. The van der Waals surface area contributed by atoms with Crippen molar-refractivity contribution in [2.24, 2.45) is 0 Å². The summed E-state index contributed by atoms with van der Waals surface area (Å²) >= 11 is 7.64. The average molecular weight is 594 g/mol. The van der Waals surface area contributed by atoms with Crippen LogP contribution in [0.3, 0.4) is 0 Å². The number of carbonyl (C=O) groups is 2. The minimum atomic E-state index is -5.08. The van der Waals surface area contributed by atoms with E-state index in [4.69, 9.17) is 26.2 Å². The molecule has 4 heterocycles. The molecule has 18 heteroatoms. The maximum atomic E-state index is 12.5. The number of nitrogens with zero attached hydrogens (tertiary/aromatic N) is 6. The molecule has 0 radical (unpaired) electrons. The van der Waals surface area contributed by atoms with E-state index in [1.165, 1.54) is 37.2 Å². The number of aliphatic carboxylic acids is 1. The first kappa shape index (κ1) is 28.1. The molecule has 206 valence electrons. The minimum Gasteiger partial charge on any atom is -0.475 e. The van der Waals surface area contributed by atoms with E-state index in [0.29, 0.717) is 32.9 Å². The Morgan fingerprint density at radius 3 is 2.52 bits per heavy atom. The number of pyridine rings is 1. The number of amides is 1. The summed E-state index contributed by atoms with van der Waals surface area (Å²) in [4.78, 5) is 37.9. The first-order valence-corrected chi connectivity index (χ1v) is 11.9. The maximum absolute atomic E-state index is 12.5. The van der Waals surface area contributed by atoms with Crippen LogP contribution in [0.1, 0.15) is 10.4 Å². The van der Waals surface area contributed by atoms with E-state index in [0.717, 1.165) is 10.9 Å². The van der Waals surface area contributed by atoms with Gasteiger partial charge in [-0.15, -0.1) is 0 Å². The number of ether oxygens (including phenoxy) is 1. The molecule has 5 aromatic rings. The van der Waals surface area contributed by atoms with Gasteiger partial charge in [-0.25, -0.2) is 14.8 Å². The Kier molecular flexibility index (Phi) is 8.34. The van der Waals surface area contributed by atoms with Crippen molar-refractivity contribution < 1.29 is 32.6 Å². The molecule has 13 nitrogen and oxygen atoms in total. The van der Waals surface area contributed by atoms with Gasteiger partial charge in [-0.1, -0.05) is 11.6 Å². The number of rotatable bonds is 6. The molecule has 0 fully saturated rings. The number of carboxylic acid groups (broad SMARTS) is 1. The summed E-state index contributed by atoms with van der Waals surface area (Å²) in [5.74, 6) is -2.68. The van der Waals surface area contributed by atoms with E-state index in [1.54, 1.807) is 18.5 Å². The zero-order valence-corrected chi connectivity index (χ0v) is 21.5. The Morgan fingerprint density at radius 2 is 1.85 bits per heavy atom. The number of benzene rings is 1. The fourth-order valence-corrected chi connectivity index (χ4v) is 3.82. The van der Waals surface area contributed by atoms with Crippen molar-refractivity contribution in [3.05, 3.63) is 59.8 Å². The van der Waals surface area contributed by atoms with Crippen molar-refractivity contribution in [1.82, 2.24) is 34.5 Å². The molecule has 0 spiro atoms. The third-order valence-corrected chi connectivity index (χ3v) is 5.83. The summed E-state index contributed by atoms with van der Waals surface area (Å²) in [6.07, 6.45) is 2.48. The van der Waals surface area contributed by atoms with Crippen molar-refractivity contribution in [1.29, 1.82) is 0 Å². The second kappa shape index (κ2) is 11.9. The summed E-state index contributed by atoms with van der Waals surface area (Å²) < 4.78 is 41.0. The van der Waals surface area contributed by atoms with Crippen LogP contribution >= 0.6 is 23.1 Å². The van der Waals surface area contributed by atoms with E-state index in [9.17, 15) is 18.0 Å². The number of hydrogen-bond acceptors (Lipinski definition) is 11. The number of methoxy groups -OCH3 is 1. The van der Waals surface area contributed by atoms with E-state index < -0.39 is 12.1 Å². The van der Waals surface area contributed by atoms with Crippen LogP contribution < -0.4 is 15.4 Å². The van der Waals surface area contributed by atoms with Crippen LogP contribution in [0.25, 0.3) is 22.3 Å². The summed E-state index contributed by atoms with van der Waals surface area (Å²) in [6.45, 7) is 0. The Bertz CT molecular complexity index is 1660. The number of carbonyl (C=O) groups excluding carboxylic acids is 1. The largest absolute Gasteiger partial charge is 0.490 e. The van der Waals surface area contributed by atoms with Crippen LogP contribution in [-0.4, -0.2) is 64.8 Å². The molecule has 4 aromatic heterocycles. The van der Waals surface area contributed by atoms with Gasteiger partial charge in [-0.05, 0) is 18.2 Å². The smallest absolute Gasteiger partial charge is 0.475 e. The molecular formula is C22H15ClF3N9O4S. The molecule has 0 aliphatic rings. The molecule has 4 N–H and O–H groups in total. The second-order valence-electron chi connectivity index (χ2n) is 7.48. The highest BCUT2D eigenvalue weighted by molar-refractivity contribution is 7.10. The predicted octanol–water partition coefficient (Wildman–Crippen LogP) is 4.56. The number of anilines is 3. The van der Waals surface area contributed by atoms with Crippen molar-refractivity contribution in [3.8, 4) is 17.4 Å². The van der Waals surface area contributed by atoms with Crippen LogP contribution in [-0.2, 0) is 4.79 Å². The lowest BCUT2D eigenvalue weighted by Crippen LogP contribution is -2.21. The number of nitrogens with one attached hydrogen (secondary N) is 3. The Hall–Kier alpha value is -4.90. The zero-order chi connectivity index (χ0) is 28.9. The molecule has 5 rings (SSSR count). The van der Waals surface area contributed by atoms with Gasteiger partial charge in [0.15, 0.2) is 5.82 Å². The predicted molar refractivity (Wildman–Crippen MR) is 138 cm³/mol. The Morgan fingerprint density at radius 1 is 1.12 bits per heavy atom. The number of H-pyrrole nitrogens is 1. The monoisotopic (exact) mass is 593 g/mol. The highest BCUT2D eigenvalue weighted by atomic mass is 35.5. The lowest BCUT2D eigenvalue weighted by Gasteiger charge is -2.06. The fourth-order valence-electron chi connectivity index (χ4n) is 2.96. The normalized spacial score (nSPS) is 10.9. The molecule has 0 saturated carbocycles. The first-order valence-electron chi connectivity index (χ1n) is 10.7. The molecule has 0 aliphatic heterocycles. The van der Waals surface area contributed by atoms with Crippen LogP contribution in [0, 0.1) is 0 Å². The Labute approximate surface area is 230 Å². The number of hydrogen-bond donors (Lipinski definition) is 4. The maximum Gasteiger partial charge on any atom is 0.490 e. The van der Waals surface area contributed by atoms with Crippen LogP contribution in [0.2, 0.25) is 5.02 Å². The summed E-state index contributed by atoms with van der Waals surface area (Å²) in [7, 11) is 1.45. The molecule has 0 aliphatic carbocycles. The van der Waals surface area contributed by atoms with Gasteiger partial charge in [0.25, 0.3) is 5.91 Å². The lowest BCUT2D eigenvalue weighted by molar-refractivity contribution is -0.192. The van der Waals surface area contributed by atoms with Gasteiger partial charge in [-0.3, -0.25) is 14.9 Å². The molecule has 40 heavy (non-hydrogen) atoms. The number of carboxylic acids is 1. The van der Waals surface area contributed by atoms with Crippen LogP contribution in [0.4, 0.5) is 29.7 Å². The van der Waals surface area contributed by atoms with E-state index in [2.05, 4.69) is 45.1 Å². The topological polar surface area (TPSA) is 181 Å². The Balaban J connectivity index is 0.000000470. The van der Waals surface area contributed by atoms with Gasteiger partial charge in [0.2, 0.25) is 5.13 Å². The number of fused-ring (bicyclic) bond motifs is 1. The molecule has 0 saturated heterocycles. The van der Waals surface area contributed by atoms with Gasteiger partial charge in [0, 0.05) is 41.1 Å². The zero-order valence-electron chi connectivity index (χ0n) is 19.9. The van der Waals surface area contributed by atoms with Gasteiger partial charge >= 0.3 is 18.2 Å². The van der Waals surface area contributed by atoms with Crippen molar-refractivity contribution in [2.45, 2.75) is 6.18 Å².